The number of amides is 1. The van der Waals surface area contributed by atoms with E-state index >= 15 is 0 Å². The maximum Gasteiger partial charge on any atom is 0.274 e. The van der Waals surface area contributed by atoms with Gasteiger partial charge in [-0.25, -0.2) is 9.97 Å². The molecular formula is C16H20N6O. The summed E-state index contributed by atoms with van der Waals surface area (Å²) >= 11 is 0. The van der Waals surface area contributed by atoms with E-state index in [9.17, 15) is 4.79 Å². The third-order valence-electron chi connectivity index (χ3n) is 4.58. The number of carbonyl (C=O) groups is 1. The number of nitrogens with one attached hydrogen (secondary N) is 1. The maximum atomic E-state index is 12.6. The average molecular weight is 312 g/mol. The number of aromatic amines is 1. The van der Waals surface area contributed by atoms with Gasteiger partial charge in [0.15, 0.2) is 5.69 Å². The number of rotatable bonds is 2. The van der Waals surface area contributed by atoms with Crippen molar-refractivity contribution in [2.75, 3.05) is 24.5 Å². The molecule has 0 aromatic carbocycles. The number of aromatic nitrogens is 4. The van der Waals surface area contributed by atoms with Crippen molar-refractivity contribution >= 4 is 11.9 Å². The number of likely N-dealkylation sites (tertiary alicyclic amines) is 1. The van der Waals surface area contributed by atoms with Crippen molar-refractivity contribution in [1.82, 2.24) is 25.1 Å². The van der Waals surface area contributed by atoms with E-state index in [0.29, 0.717) is 12.2 Å². The van der Waals surface area contributed by atoms with Gasteiger partial charge < -0.3 is 9.80 Å². The Bertz CT molecular complexity index is 717. The molecule has 23 heavy (non-hydrogen) atoms. The average Bonchev–Trinajstić information content (AvgIpc) is 3.24. The van der Waals surface area contributed by atoms with Crippen LogP contribution in [0.2, 0.25) is 0 Å². The van der Waals surface area contributed by atoms with Crippen molar-refractivity contribution in [3.8, 4) is 0 Å². The third-order valence-corrected chi connectivity index (χ3v) is 4.58. The zero-order valence-corrected chi connectivity index (χ0v) is 13.2. The van der Waals surface area contributed by atoms with E-state index in [0.717, 1.165) is 61.7 Å². The molecule has 0 radical (unpaired) electrons. The van der Waals surface area contributed by atoms with Crippen LogP contribution in [-0.2, 0) is 13.0 Å². The van der Waals surface area contributed by atoms with E-state index in [1.807, 2.05) is 24.2 Å². The molecule has 0 aliphatic carbocycles. The molecule has 1 saturated heterocycles. The van der Waals surface area contributed by atoms with Crippen LogP contribution < -0.4 is 4.90 Å². The molecule has 120 valence electrons. The van der Waals surface area contributed by atoms with Crippen molar-refractivity contribution in [2.24, 2.45) is 0 Å². The highest BCUT2D eigenvalue weighted by Crippen LogP contribution is 2.24. The van der Waals surface area contributed by atoms with Crippen molar-refractivity contribution in [2.45, 2.75) is 32.7 Å². The van der Waals surface area contributed by atoms with Gasteiger partial charge in [0.25, 0.3) is 5.91 Å². The molecule has 0 bridgehead atoms. The van der Waals surface area contributed by atoms with Crippen molar-refractivity contribution in [3.05, 3.63) is 34.9 Å². The minimum absolute atomic E-state index is 0.0695. The monoisotopic (exact) mass is 312 g/mol. The van der Waals surface area contributed by atoms with Gasteiger partial charge in [-0.1, -0.05) is 0 Å². The topological polar surface area (TPSA) is 78.0 Å². The molecule has 0 spiro atoms. The fourth-order valence-electron chi connectivity index (χ4n) is 3.28. The van der Waals surface area contributed by atoms with Crippen LogP contribution in [0.5, 0.6) is 0 Å². The van der Waals surface area contributed by atoms with Gasteiger partial charge in [-0.05, 0) is 31.7 Å². The lowest BCUT2D eigenvalue weighted by molar-refractivity contribution is 0.0786. The van der Waals surface area contributed by atoms with Crippen molar-refractivity contribution < 1.29 is 4.79 Å². The van der Waals surface area contributed by atoms with E-state index in [-0.39, 0.29) is 5.91 Å². The maximum absolute atomic E-state index is 12.6. The van der Waals surface area contributed by atoms with Crippen LogP contribution in [0.4, 0.5) is 5.95 Å². The zero-order chi connectivity index (χ0) is 15.8. The summed E-state index contributed by atoms with van der Waals surface area (Å²) in [6.45, 7) is 5.14. The molecule has 1 N–H and O–H groups in total. The minimum Gasteiger partial charge on any atom is -0.337 e. The summed E-state index contributed by atoms with van der Waals surface area (Å²) < 4.78 is 0. The first-order valence-electron chi connectivity index (χ1n) is 8.11. The van der Waals surface area contributed by atoms with Crippen LogP contribution in [0.3, 0.4) is 0 Å². The molecule has 2 aromatic heterocycles. The highest BCUT2D eigenvalue weighted by molar-refractivity contribution is 5.94. The first-order valence-corrected chi connectivity index (χ1v) is 8.11. The van der Waals surface area contributed by atoms with Crippen LogP contribution in [-0.4, -0.2) is 50.6 Å². The summed E-state index contributed by atoms with van der Waals surface area (Å²) in [5.74, 6) is 0.795. The van der Waals surface area contributed by atoms with Gasteiger partial charge >= 0.3 is 0 Å². The summed E-state index contributed by atoms with van der Waals surface area (Å²) in [6.07, 6.45) is 6.63. The molecule has 0 atom stereocenters. The molecular weight excluding hydrogens is 292 g/mol. The number of hydrogen-bond acceptors (Lipinski definition) is 5. The Hall–Kier alpha value is -2.44. The molecule has 2 aliphatic heterocycles. The number of H-pyrrole nitrogens is 1. The molecule has 1 fully saturated rings. The van der Waals surface area contributed by atoms with Crippen LogP contribution in [0.25, 0.3) is 0 Å². The number of carbonyl (C=O) groups excluding carboxylic acids is 1. The summed E-state index contributed by atoms with van der Waals surface area (Å²) in [6, 6.07) is 0. The fraction of sp³-hybridized carbons (Fsp3) is 0.500. The van der Waals surface area contributed by atoms with E-state index in [1.54, 1.807) is 0 Å². The Morgan fingerprint density at radius 1 is 1.17 bits per heavy atom. The molecule has 7 heteroatoms. The van der Waals surface area contributed by atoms with Gasteiger partial charge in [-0.3, -0.25) is 9.89 Å². The molecule has 7 nitrogen and oxygen atoms in total. The van der Waals surface area contributed by atoms with E-state index in [1.165, 1.54) is 0 Å². The fourth-order valence-corrected chi connectivity index (χ4v) is 3.28. The molecule has 2 aliphatic rings. The number of anilines is 1. The van der Waals surface area contributed by atoms with E-state index in [4.69, 9.17) is 0 Å². The quantitative estimate of drug-likeness (QED) is 0.904. The number of nitrogens with zero attached hydrogens (tertiary/aromatic N) is 5. The lowest BCUT2D eigenvalue weighted by Crippen LogP contribution is -2.33. The number of fused-ring (bicyclic) bond motifs is 1. The molecule has 4 rings (SSSR count). The van der Waals surface area contributed by atoms with Crippen molar-refractivity contribution in [3.63, 3.8) is 0 Å². The lowest BCUT2D eigenvalue weighted by atomic mass is 10.0. The summed E-state index contributed by atoms with van der Waals surface area (Å²) in [4.78, 5) is 25.4. The van der Waals surface area contributed by atoms with Gasteiger partial charge in [-0.15, -0.1) is 0 Å². The first-order chi connectivity index (χ1) is 11.2. The predicted octanol–water partition coefficient (Wildman–Crippen LogP) is 1.31. The van der Waals surface area contributed by atoms with Crippen LogP contribution in [0, 0.1) is 6.92 Å². The highest BCUT2D eigenvalue weighted by atomic mass is 16.2. The second-order valence-electron chi connectivity index (χ2n) is 6.26. The Morgan fingerprint density at radius 2 is 1.91 bits per heavy atom. The van der Waals surface area contributed by atoms with Gasteiger partial charge in [0.05, 0.1) is 12.2 Å². The minimum atomic E-state index is 0.0695. The van der Waals surface area contributed by atoms with Gasteiger partial charge in [0.2, 0.25) is 5.95 Å². The smallest absolute Gasteiger partial charge is 0.274 e. The van der Waals surface area contributed by atoms with Crippen LogP contribution in [0.1, 0.15) is 40.2 Å². The number of hydrogen-bond donors (Lipinski definition) is 1. The Morgan fingerprint density at radius 3 is 2.65 bits per heavy atom. The van der Waals surface area contributed by atoms with Crippen LogP contribution in [0.15, 0.2) is 12.4 Å². The predicted molar refractivity (Wildman–Crippen MR) is 85.2 cm³/mol. The van der Waals surface area contributed by atoms with Gasteiger partial charge in [0, 0.05) is 37.6 Å². The molecule has 0 saturated carbocycles. The molecule has 4 heterocycles. The zero-order valence-electron chi connectivity index (χ0n) is 13.2. The Kier molecular flexibility index (Phi) is 3.48. The number of aryl methyl sites for hydroxylation is 1. The summed E-state index contributed by atoms with van der Waals surface area (Å²) in [5, 5.41) is 7.35. The first kappa shape index (κ1) is 14.2. The summed E-state index contributed by atoms with van der Waals surface area (Å²) in [5.41, 5.74) is 3.71. The SMILES string of the molecule is Cc1cnc(N2CCc3c(C(=O)N4CCCC4)n[nH]c3C2)nc1. The molecule has 2 aromatic rings. The lowest BCUT2D eigenvalue weighted by Gasteiger charge is -2.27. The second-order valence-corrected chi connectivity index (χ2v) is 6.26. The van der Waals surface area contributed by atoms with Crippen LogP contribution >= 0.6 is 0 Å². The molecule has 1 amide bonds. The van der Waals surface area contributed by atoms with Crippen molar-refractivity contribution in [1.29, 1.82) is 0 Å². The van der Waals surface area contributed by atoms with Gasteiger partial charge in [-0.2, -0.15) is 5.10 Å². The highest BCUT2D eigenvalue weighted by Gasteiger charge is 2.29. The van der Waals surface area contributed by atoms with Gasteiger partial charge in [0.1, 0.15) is 0 Å². The van der Waals surface area contributed by atoms with E-state index < -0.39 is 0 Å². The summed E-state index contributed by atoms with van der Waals surface area (Å²) in [7, 11) is 0. The Labute approximate surface area is 134 Å². The normalized spacial score (nSPS) is 17.4. The van der Waals surface area contributed by atoms with E-state index in [2.05, 4.69) is 25.1 Å². The molecule has 0 unspecified atom stereocenters. The standard InChI is InChI=1S/C16H20N6O/c1-11-8-17-16(18-9-11)22-7-4-12-13(10-22)19-20-14(12)15(23)21-5-2-3-6-21/h8-9H,2-7,10H2,1H3,(H,19,20). The second kappa shape index (κ2) is 5.64. The third kappa shape index (κ3) is 2.56. The Balaban J connectivity index is 1.55. The largest absolute Gasteiger partial charge is 0.337 e.